The van der Waals surface area contributed by atoms with Crippen LogP contribution in [-0.4, -0.2) is 41.0 Å². The highest BCUT2D eigenvalue weighted by Crippen LogP contribution is 2.29. The van der Waals surface area contributed by atoms with Crippen LogP contribution in [0.2, 0.25) is 0 Å². The second kappa shape index (κ2) is 11.0. The summed E-state index contributed by atoms with van der Waals surface area (Å²) >= 11 is 0. The monoisotopic (exact) mass is 471 g/mol. The molecule has 1 aromatic heterocycles. The summed E-state index contributed by atoms with van der Waals surface area (Å²) in [6, 6.07) is 20.4. The van der Waals surface area contributed by atoms with Crippen molar-refractivity contribution in [3.63, 3.8) is 0 Å². The summed E-state index contributed by atoms with van der Waals surface area (Å²) in [6.45, 7) is 5.49. The number of nitrogens with zero attached hydrogens (tertiary/aromatic N) is 2. The van der Waals surface area contributed by atoms with Gasteiger partial charge < -0.3 is 21.3 Å². The fourth-order valence-corrected chi connectivity index (χ4v) is 4.49. The van der Waals surface area contributed by atoms with Crippen molar-refractivity contribution in [1.82, 2.24) is 15.2 Å². The molecule has 1 saturated heterocycles. The number of amides is 3. The predicted octanol–water partition coefficient (Wildman–Crippen LogP) is 4.81. The number of nitrogens with two attached hydrogens (primary N) is 1. The third kappa shape index (κ3) is 6.38. The third-order valence-corrected chi connectivity index (χ3v) is 6.34. The molecule has 0 spiro atoms. The minimum Gasteiger partial charge on any atom is -0.366 e. The molecule has 7 nitrogen and oxygen atoms in total. The average Bonchev–Trinajstić information content (AvgIpc) is 2.85. The number of hydrogen-bond donors (Lipinski definition) is 3. The fourth-order valence-electron chi connectivity index (χ4n) is 4.49. The van der Waals surface area contributed by atoms with Gasteiger partial charge in [0.1, 0.15) is 5.82 Å². The molecule has 4 rings (SSSR count). The first-order valence-electron chi connectivity index (χ1n) is 12.1. The van der Waals surface area contributed by atoms with Crippen molar-refractivity contribution in [3.8, 4) is 0 Å². The Kier molecular flexibility index (Phi) is 7.65. The lowest BCUT2D eigenvalue weighted by atomic mass is 9.89. The molecule has 3 aromatic rings. The maximum atomic E-state index is 12.2. The predicted molar refractivity (Wildman–Crippen MR) is 139 cm³/mol. The Hall–Kier alpha value is -3.87. The van der Waals surface area contributed by atoms with Crippen LogP contribution in [0, 0.1) is 0 Å². The Balaban J connectivity index is 1.40. The van der Waals surface area contributed by atoms with Gasteiger partial charge in [0.25, 0.3) is 5.91 Å². The van der Waals surface area contributed by atoms with E-state index in [9.17, 15) is 9.59 Å². The molecule has 1 fully saturated rings. The van der Waals surface area contributed by atoms with Crippen LogP contribution >= 0.6 is 0 Å². The van der Waals surface area contributed by atoms with Crippen molar-refractivity contribution in [3.05, 3.63) is 89.1 Å². The van der Waals surface area contributed by atoms with Gasteiger partial charge in [-0.1, -0.05) is 42.5 Å². The van der Waals surface area contributed by atoms with Gasteiger partial charge in [0.2, 0.25) is 0 Å². The molecule has 7 heteroatoms. The summed E-state index contributed by atoms with van der Waals surface area (Å²) in [5.74, 6) is 0.628. The molecular weight excluding hydrogens is 438 g/mol. The van der Waals surface area contributed by atoms with Gasteiger partial charge in [-0.05, 0) is 73.9 Å². The molecule has 35 heavy (non-hydrogen) atoms. The zero-order valence-electron chi connectivity index (χ0n) is 20.3. The maximum absolute atomic E-state index is 12.2. The van der Waals surface area contributed by atoms with Crippen LogP contribution in [0.25, 0.3) is 0 Å². The fraction of sp³-hybridized carbons (Fsp3) is 0.321. The molecule has 1 aliphatic rings. The third-order valence-electron chi connectivity index (χ3n) is 6.34. The molecule has 0 atom stereocenters. The molecule has 2 aromatic carbocycles. The second-order valence-electron chi connectivity index (χ2n) is 9.37. The highest BCUT2D eigenvalue weighted by atomic mass is 16.2. The molecule has 1 aliphatic heterocycles. The van der Waals surface area contributed by atoms with Crippen LogP contribution in [0.15, 0.2) is 66.9 Å². The second-order valence-corrected chi connectivity index (χ2v) is 9.37. The van der Waals surface area contributed by atoms with Gasteiger partial charge in [0, 0.05) is 31.0 Å². The van der Waals surface area contributed by atoms with Crippen molar-refractivity contribution in [2.45, 2.75) is 45.1 Å². The number of carbonyl (C=O) groups excluding carboxylic acids is 2. The van der Waals surface area contributed by atoms with Crippen molar-refractivity contribution < 1.29 is 9.59 Å². The van der Waals surface area contributed by atoms with Crippen molar-refractivity contribution >= 4 is 23.4 Å². The first-order chi connectivity index (χ1) is 16.9. The number of pyridine rings is 1. The number of urea groups is 1. The van der Waals surface area contributed by atoms with Gasteiger partial charge in [-0.3, -0.25) is 4.79 Å². The Morgan fingerprint density at radius 1 is 1.06 bits per heavy atom. The van der Waals surface area contributed by atoms with E-state index in [-0.39, 0.29) is 12.1 Å². The number of anilines is 2. The van der Waals surface area contributed by atoms with E-state index in [1.54, 1.807) is 6.20 Å². The Morgan fingerprint density at radius 2 is 1.74 bits per heavy atom. The van der Waals surface area contributed by atoms with Gasteiger partial charge in [-0.25, -0.2) is 9.78 Å². The molecule has 0 aliphatic carbocycles. The minimum atomic E-state index is -0.480. The van der Waals surface area contributed by atoms with E-state index in [1.807, 2.05) is 67.3 Å². The van der Waals surface area contributed by atoms with Crippen LogP contribution in [-0.2, 0) is 6.42 Å². The molecule has 0 bridgehead atoms. The summed E-state index contributed by atoms with van der Waals surface area (Å²) in [6.07, 6.45) is 4.05. The number of rotatable bonds is 7. The number of likely N-dealkylation sites (tertiary alicyclic amines) is 1. The number of hydrogen-bond acceptors (Lipinski definition) is 4. The number of nitrogens with one attached hydrogen (secondary N) is 2. The summed E-state index contributed by atoms with van der Waals surface area (Å²) < 4.78 is 0. The highest BCUT2D eigenvalue weighted by Gasteiger charge is 2.24. The van der Waals surface area contributed by atoms with E-state index in [0.717, 1.165) is 42.7 Å². The van der Waals surface area contributed by atoms with Crippen LogP contribution in [0.4, 0.5) is 16.3 Å². The van der Waals surface area contributed by atoms with E-state index >= 15 is 0 Å². The minimum absolute atomic E-state index is 0.0273. The topological polar surface area (TPSA) is 100 Å². The summed E-state index contributed by atoms with van der Waals surface area (Å²) in [5.41, 5.74) is 10.2. The first kappa shape index (κ1) is 24.3. The van der Waals surface area contributed by atoms with E-state index in [4.69, 9.17) is 5.73 Å². The molecule has 182 valence electrons. The zero-order valence-corrected chi connectivity index (χ0v) is 20.3. The van der Waals surface area contributed by atoms with E-state index in [1.165, 1.54) is 5.56 Å². The quantitative estimate of drug-likeness (QED) is 0.460. The maximum Gasteiger partial charge on any atom is 0.317 e. The van der Waals surface area contributed by atoms with Gasteiger partial charge in [-0.15, -0.1) is 0 Å². The summed E-state index contributed by atoms with van der Waals surface area (Å²) in [4.78, 5) is 30.4. The number of aromatic nitrogens is 1. The first-order valence-corrected chi connectivity index (χ1v) is 12.1. The molecule has 0 unspecified atom stereocenters. The van der Waals surface area contributed by atoms with E-state index < -0.39 is 5.91 Å². The number of benzene rings is 2. The molecule has 0 radical (unpaired) electrons. The molecule has 0 saturated carbocycles. The number of primary amides is 1. The summed E-state index contributed by atoms with van der Waals surface area (Å²) in [7, 11) is 0. The van der Waals surface area contributed by atoms with Gasteiger partial charge in [0.15, 0.2) is 0 Å². The van der Waals surface area contributed by atoms with Crippen LogP contribution in [0.5, 0.6) is 0 Å². The molecule has 3 amide bonds. The van der Waals surface area contributed by atoms with Crippen LogP contribution in [0.3, 0.4) is 0 Å². The molecule has 4 N–H and O–H groups in total. The van der Waals surface area contributed by atoms with Crippen LogP contribution < -0.4 is 16.4 Å². The SMILES string of the molecule is CC(C)NC(=O)N1CCC(c2ccc(Nc3cc(Cc4ccccc4)c(C(N)=O)cn3)cc2)CC1. The lowest BCUT2D eigenvalue weighted by molar-refractivity contribution is 0.0999. The van der Waals surface area contributed by atoms with E-state index in [0.29, 0.717) is 23.7 Å². The standard InChI is InChI=1S/C28H33N5O2/c1-19(2)31-28(35)33-14-12-22(13-15-33)21-8-10-24(11-9-21)32-26-17-23(25(18-30-26)27(29)34)16-20-6-4-3-5-7-20/h3-11,17-19,22H,12-16H2,1-2H3,(H2,29,34)(H,30,32)(H,31,35). The van der Waals surface area contributed by atoms with Crippen LogP contribution in [0.1, 0.15) is 59.7 Å². The normalized spacial score (nSPS) is 14.1. The smallest absolute Gasteiger partial charge is 0.317 e. The van der Waals surface area contributed by atoms with Gasteiger partial charge >= 0.3 is 6.03 Å². The largest absolute Gasteiger partial charge is 0.366 e. The average molecular weight is 472 g/mol. The lowest BCUT2D eigenvalue weighted by Gasteiger charge is -2.32. The molecule has 2 heterocycles. The number of carbonyl (C=O) groups is 2. The van der Waals surface area contributed by atoms with Gasteiger partial charge in [0.05, 0.1) is 5.56 Å². The summed E-state index contributed by atoms with van der Waals surface area (Å²) in [5, 5.41) is 6.31. The van der Waals surface area contributed by atoms with Crippen molar-refractivity contribution in [2.24, 2.45) is 5.73 Å². The molecular formula is C28H33N5O2. The lowest BCUT2D eigenvalue weighted by Crippen LogP contribution is -2.46. The number of piperidine rings is 1. The zero-order chi connectivity index (χ0) is 24.8. The van der Waals surface area contributed by atoms with E-state index in [2.05, 4.69) is 27.8 Å². The van der Waals surface area contributed by atoms with Crippen molar-refractivity contribution in [2.75, 3.05) is 18.4 Å². The van der Waals surface area contributed by atoms with Crippen molar-refractivity contribution in [1.29, 1.82) is 0 Å². The highest BCUT2D eigenvalue weighted by molar-refractivity contribution is 5.94. The Bertz CT molecular complexity index is 1150. The Labute approximate surface area is 206 Å². The van der Waals surface area contributed by atoms with Gasteiger partial charge in [-0.2, -0.15) is 0 Å². The Morgan fingerprint density at radius 3 is 2.37 bits per heavy atom.